The van der Waals surface area contributed by atoms with Crippen molar-refractivity contribution in [2.45, 2.75) is 44.9 Å². The molecule has 0 radical (unpaired) electrons. The Balaban J connectivity index is 1.50. The van der Waals surface area contributed by atoms with Crippen molar-refractivity contribution in [1.29, 1.82) is 0 Å². The lowest BCUT2D eigenvalue weighted by molar-refractivity contribution is 0.0369. The summed E-state index contributed by atoms with van der Waals surface area (Å²) < 4.78 is 20.3. The number of aromatic nitrogens is 1. The molecule has 1 aliphatic heterocycles. The van der Waals surface area contributed by atoms with Crippen LogP contribution in [-0.2, 0) is 9.30 Å². The van der Waals surface area contributed by atoms with Crippen LogP contribution in [0.4, 0.5) is 5.69 Å². The lowest BCUT2D eigenvalue weighted by Crippen LogP contribution is -2.38. The summed E-state index contributed by atoms with van der Waals surface area (Å²) in [6.07, 6.45) is 11.5. The van der Waals surface area contributed by atoms with Crippen LogP contribution >= 0.6 is 7.29 Å². The summed E-state index contributed by atoms with van der Waals surface area (Å²) >= 11 is 0. The van der Waals surface area contributed by atoms with Crippen LogP contribution in [0.15, 0.2) is 29.5 Å². The van der Waals surface area contributed by atoms with Gasteiger partial charge in [-0.15, -0.1) is 0 Å². The standard InChI is InChI=1S/C23H43N6O2P/c1-32(2,30)29(17-9-15-28-18-20-31-21-19-28)16-8-6-4-3-5-7-12-26-23(24)27-22-10-13-25-14-11-22/h10-11,13-14H,3-9,12,15-21H2,1-2H3,(H3,24,25,26,27). The minimum atomic E-state index is -2.20. The van der Waals surface area contributed by atoms with E-state index in [4.69, 9.17) is 10.5 Å². The molecule has 0 aromatic carbocycles. The Hall–Kier alpha value is -1.47. The van der Waals surface area contributed by atoms with Crippen molar-refractivity contribution < 1.29 is 9.30 Å². The summed E-state index contributed by atoms with van der Waals surface area (Å²) in [7, 11) is -2.20. The third-order valence-electron chi connectivity index (χ3n) is 5.73. The molecule has 0 atom stereocenters. The predicted octanol–water partition coefficient (Wildman–Crippen LogP) is 3.71. The Bertz CT molecular complexity index is 691. The molecule has 2 rings (SSSR count). The van der Waals surface area contributed by atoms with Gasteiger partial charge in [0, 0.05) is 64.1 Å². The maximum Gasteiger partial charge on any atom is 0.193 e. The van der Waals surface area contributed by atoms with Gasteiger partial charge in [0.2, 0.25) is 0 Å². The fourth-order valence-corrected chi connectivity index (χ4v) is 5.08. The lowest BCUT2D eigenvalue weighted by Gasteiger charge is -2.30. The molecule has 9 heteroatoms. The highest BCUT2D eigenvalue weighted by Gasteiger charge is 2.19. The van der Waals surface area contributed by atoms with Crippen LogP contribution in [0.5, 0.6) is 0 Å². The number of nitrogens with zero attached hydrogens (tertiary/aromatic N) is 4. The van der Waals surface area contributed by atoms with Crippen molar-refractivity contribution in [1.82, 2.24) is 14.6 Å². The Kier molecular flexibility index (Phi) is 12.9. The summed E-state index contributed by atoms with van der Waals surface area (Å²) in [4.78, 5) is 10.8. The van der Waals surface area contributed by atoms with Crippen molar-refractivity contribution in [2.75, 3.05) is 71.1 Å². The van der Waals surface area contributed by atoms with Gasteiger partial charge in [-0.25, -0.2) is 0 Å². The fourth-order valence-electron chi connectivity index (χ4n) is 3.83. The molecule has 1 aromatic heterocycles. The lowest BCUT2D eigenvalue weighted by atomic mass is 10.1. The molecule has 0 bridgehead atoms. The van der Waals surface area contributed by atoms with E-state index in [9.17, 15) is 4.57 Å². The van der Waals surface area contributed by atoms with Gasteiger partial charge in [0.15, 0.2) is 5.96 Å². The van der Waals surface area contributed by atoms with Crippen molar-refractivity contribution in [2.24, 2.45) is 10.7 Å². The van der Waals surface area contributed by atoms with Crippen molar-refractivity contribution in [3.8, 4) is 0 Å². The van der Waals surface area contributed by atoms with E-state index in [0.29, 0.717) is 5.96 Å². The monoisotopic (exact) mass is 466 g/mol. The summed E-state index contributed by atoms with van der Waals surface area (Å²) in [5.41, 5.74) is 6.81. The zero-order chi connectivity index (χ0) is 23.1. The third kappa shape index (κ3) is 12.0. The zero-order valence-corrected chi connectivity index (χ0v) is 20.9. The Morgan fingerprint density at radius 3 is 2.41 bits per heavy atom. The van der Waals surface area contributed by atoms with E-state index in [-0.39, 0.29) is 0 Å². The molecule has 182 valence electrons. The SMILES string of the molecule is CP(C)(=O)N(CCCCCCCCN=C(N)Nc1ccncc1)CCCN1CCOCC1. The first-order chi connectivity index (χ1) is 15.4. The molecule has 0 saturated carbocycles. The number of hydrogen-bond donors (Lipinski definition) is 2. The molecular weight excluding hydrogens is 423 g/mol. The first-order valence-corrected chi connectivity index (χ1v) is 14.6. The van der Waals surface area contributed by atoms with Crippen LogP contribution in [0.25, 0.3) is 0 Å². The van der Waals surface area contributed by atoms with Gasteiger partial charge in [0.05, 0.1) is 13.2 Å². The highest BCUT2D eigenvalue weighted by atomic mass is 31.2. The molecule has 1 fully saturated rings. The number of morpholine rings is 1. The molecule has 0 aliphatic carbocycles. The van der Waals surface area contributed by atoms with E-state index >= 15 is 0 Å². The molecule has 1 aliphatic rings. The van der Waals surface area contributed by atoms with Crippen LogP contribution in [0.1, 0.15) is 44.9 Å². The first-order valence-electron chi connectivity index (χ1n) is 12.0. The van der Waals surface area contributed by atoms with E-state index in [1.165, 1.54) is 19.3 Å². The minimum Gasteiger partial charge on any atom is -0.379 e. The molecule has 32 heavy (non-hydrogen) atoms. The van der Waals surface area contributed by atoms with Gasteiger partial charge < -0.3 is 20.4 Å². The van der Waals surface area contributed by atoms with Gasteiger partial charge >= 0.3 is 0 Å². The third-order valence-corrected chi connectivity index (χ3v) is 7.50. The molecule has 0 amide bonds. The van der Waals surface area contributed by atoms with Gasteiger partial charge in [-0.05, 0) is 37.9 Å². The van der Waals surface area contributed by atoms with Gasteiger partial charge in [-0.1, -0.05) is 25.7 Å². The molecule has 2 heterocycles. The molecule has 3 N–H and O–H groups in total. The van der Waals surface area contributed by atoms with Crippen LogP contribution in [-0.4, -0.2) is 86.3 Å². The molecule has 1 saturated heterocycles. The first kappa shape index (κ1) is 26.8. The molecular formula is C23H43N6O2P. The summed E-state index contributed by atoms with van der Waals surface area (Å²) in [5, 5.41) is 3.07. The number of guanidine groups is 1. The maximum atomic E-state index is 12.7. The average Bonchev–Trinajstić information content (AvgIpc) is 2.77. The van der Waals surface area contributed by atoms with E-state index in [0.717, 1.165) is 83.9 Å². The second-order valence-corrected chi connectivity index (χ2v) is 12.0. The van der Waals surface area contributed by atoms with Gasteiger partial charge in [0.25, 0.3) is 0 Å². The Morgan fingerprint density at radius 2 is 1.72 bits per heavy atom. The molecule has 1 aromatic rings. The van der Waals surface area contributed by atoms with Crippen LogP contribution in [0.3, 0.4) is 0 Å². The number of unbranched alkanes of at least 4 members (excludes halogenated alkanes) is 5. The number of pyridine rings is 1. The van der Waals surface area contributed by atoms with Crippen LogP contribution in [0.2, 0.25) is 0 Å². The Labute approximate surface area is 194 Å². The summed E-state index contributed by atoms with van der Waals surface area (Å²) in [6.45, 7) is 11.2. The quantitative estimate of drug-likeness (QED) is 0.176. The zero-order valence-electron chi connectivity index (χ0n) is 20.0. The predicted molar refractivity (Wildman–Crippen MR) is 135 cm³/mol. The normalized spacial score (nSPS) is 15.9. The molecule has 0 unspecified atom stereocenters. The number of ether oxygens (including phenoxy) is 1. The minimum absolute atomic E-state index is 0.452. The average molecular weight is 467 g/mol. The van der Waals surface area contributed by atoms with Gasteiger partial charge in [0.1, 0.15) is 7.29 Å². The van der Waals surface area contributed by atoms with Crippen molar-refractivity contribution in [3.63, 3.8) is 0 Å². The second kappa shape index (κ2) is 15.4. The van der Waals surface area contributed by atoms with Crippen LogP contribution < -0.4 is 11.1 Å². The number of anilines is 1. The second-order valence-electron chi connectivity index (χ2n) is 8.80. The van der Waals surface area contributed by atoms with Gasteiger partial charge in [-0.3, -0.25) is 19.5 Å². The Morgan fingerprint density at radius 1 is 1.09 bits per heavy atom. The van der Waals surface area contributed by atoms with Crippen molar-refractivity contribution in [3.05, 3.63) is 24.5 Å². The fraction of sp³-hybridized carbons (Fsp3) is 0.739. The van der Waals surface area contributed by atoms with E-state index < -0.39 is 7.29 Å². The number of nitrogens with two attached hydrogens (primary N) is 1. The number of aliphatic imine (C=N–C) groups is 1. The van der Waals surface area contributed by atoms with E-state index in [1.54, 1.807) is 12.4 Å². The summed E-state index contributed by atoms with van der Waals surface area (Å²) in [6, 6.07) is 3.73. The number of rotatable bonds is 15. The van der Waals surface area contributed by atoms with Gasteiger partial charge in [-0.2, -0.15) is 0 Å². The van der Waals surface area contributed by atoms with E-state index in [1.807, 2.05) is 25.5 Å². The smallest absolute Gasteiger partial charge is 0.193 e. The maximum absolute atomic E-state index is 12.7. The number of hydrogen-bond acceptors (Lipinski definition) is 5. The van der Waals surface area contributed by atoms with Crippen LogP contribution in [0, 0.1) is 0 Å². The van der Waals surface area contributed by atoms with E-state index in [2.05, 4.69) is 24.9 Å². The largest absolute Gasteiger partial charge is 0.379 e. The molecule has 0 spiro atoms. The molecule has 8 nitrogen and oxygen atoms in total. The number of nitrogens with one attached hydrogen (secondary N) is 1. The summed E-state index contributed by atoms with van der Waals surface area (Å²) in [5.74, 6) is 0.452. The highest BCUT2D eigenvalue weighted by molar-refractivity contribution is 7.59. The topological polar surface area (TPSA) is 96.1 Å². The van der Waals surface area contributed by atoms with Crippen molar-refractivity contribution >= 4 is 18.9 Å². The highest BCUT2D eigenvalue weighted by Crippen LogP contribution is 2.41.